The van der Waals surface area contributed by atoms with Crippen molar-refractivity contribution in [3.05, 3.63) is 143 Å². The Morgan fingerprint density at radius 1 is 0.913 bits per heavy atom. The number of carbonyl (C=O) groups excluding carboxylic acids is 1. The molecule has 0 saturated carbocycles. The molecule has 0 aliphatic rings. The maximum atomic E-state index is 13.8. The maximum absolute atomic E-state index is 13.8. The van der Waals surface area contributed by atoms with Gasteiger partial charge in [0.2, 0.25) is 0 Å². The van der Waals surface area contributed by atoms with Crippen molar-refractivity contribution in [3.63, 3.8) is 0 Å². The Hall–Kier alpha value is -4.56. The van der Waals surface area contributed by atoms with Gasteiger partial charge in [-0.3, -0.25) is 9.69 Å². The highest BCUT2D eigenvalue weighted by Crippen LogP contribution is 2.34. The Labute approximate surface area is 269 Å². The van der Waals surface area contributed by atoms with E-state index in [-0.39, 0.29) is 17.2 Å². The molecule has 0 heterocycles. The Balaban J connectivity index is 1.52. The number of amides is 1. The molecule has 242 valence electrons. The average Bonchev–Trinajstić information content (AvgIpc) is 3.06. The summed E-state index contributed by atoms with van der Waals surface area (Å²) in [4.78, 5) is 16.1. The Bertz CT molecular complexity index is 1550. The summed E-state index contributed by atoms with van der Waals surface area (Å²) >= 11 is 0. The largest absolute Gasteiger partial charge is 0.503 e. The smallest absolute Gasteiger partial charge is 0.416 e. The molecule has 1 N–H and O–H groups in total. The van der Waals surface area contributed by atoms with Gasteiger partial charge in [-0.1, -0.05) is 85.8 Å². The first-order chi connectivity index (χ1) is 22.1. The number of likely N-dealkylation sites (N-methyl/N-ethyl adjacent to an activating group) is 1. The van der Waals surface area contributed by atoms with Gasteiger partial charge in [-0.15, -0.1) is 0 Å². The van der Waals surface area contributed by atoms with Gasteiger partial charge >= 0.3 is 6.18 Å². The number of aliphatic hydroxyl groups is 1. The number of halogens is 3. The SMILES string of the molecule is CC/C=C(\O)C(=O)N(C)c1cccc(OCCCN(Cc2cccc(C(F)(F)F)c2C)CC(c2ccccc2)c2ccccc2)c1. The number of ether oxygens (including phenoxy) is 1. The highest BCUT2D eigenvalue weighted by Gasteiger charge is 2.33. The van der Waals surface area contributed by atoms with Crippen LogP contribution >= 0.6 is 0 Å². The van der Waals surface area contributed by atoms with Gasteiger partial charge in [0, 0.05) is 44.4 Å². The molecule has 0 aliphatic heterocycles. The van der Waals surface area contributed by atoms with Gasteiger partial charge in [-0.05, 0) is 66.3 Å². The first-order valence-electron chi connectivity index (χ1n) is 15.5. The quantitative estimate of drug-likeness (QED) is 0.0859. The van der Waals surface area contributed by atoms with Crippen molar-refractivity contribution in [2.24, 2.45) is 0 Å². The zero-order valence-electron chi connectivity index (χ0n) is 26.5. The molecule has 1 amide bonds. The fourth-order valence-electron chi connectivity index (χ4n) is 5.50. The van der Waals surface area contributed by atoms with E-state index >= 15 is 0 Å². The van der Waals surface area contributed by atoms with Crippen LogP contribution in [0.4, 0.5) is 18.9 Å². The number of hydrogen-bond acceptors (Lipinski definition) is 4. The molecule has 8 heteroatoms. The van der Waals surface area contributed by atoms with Gasteiger partial charge < -0.3 is 14.7 Å². The summed E-state index contributed by atoms with van der Waals surface area (Å²) in [7, 11) is 1.59. The van der Waals surface area contributed by atoms with E-state index in [1.54, 1.807) is 37.4 Å². The molecule has 5 nitrogen and oxygen atoms in total. The Morgan fingerprint density at radius 2 is 1.54 bits per heavy atom. The first-order valence-corrected chi connectivity index (χ1v) is 15.5. The van der Waals surface area contributed by atoms with Crippen LogP contribution in [0.5, 0.6) is 5.75 Å². The van der Waals surface area contributed by atoms with E-state index in [9.17, 15) is 23.1 Å². The molecular weight excluding hydrogens is 589 g/mol. The third-order valence-electron chi connectivity index (χ3n) is 8.00. The van der Waals surface area contributed by atoms with Crippen molar-refractivity contribution in [2.75, 3.05) is 31.6 Å². The summed E-state index contributed by atoms with van der Waals surface area (Å²) < 4.78 is 47.3. The van der Waals surface area contributed by atoms with E-state index in [0.717, 1.165) is 17.2 Å². The highest BCUT2D eigenvalue weighted by molar-refractivity contribution is 6.03. The van der Waals surface area contributed by atoms with Gasteiger partial charge in [0.05, 0.1) is 12.2 Å². The molecule has 4 rings (SSSR count). The van der Waals surface area contributed by atoms with Gasteiger partial charge in [0.1, 0.15) is 5.75 Å². The summed E-state index contributed by atoms with van der Waals surface area (Å²) in [6.45, 7) is 5.27. The fourth-order valence-corrected chi connectivity index (χ4v) is 5.50. The summed E-state index contributed by atoms with van der Waals surface area (Å²) in [5, 5.41) is 10.0. The van der Waals surface area contributed by atoms with E-state index in [1.165, 1.54) is 24.0 Å². The van der Waals surface area contributed by atoms with Crippen LogP contribution in [0.1, 0.15) is 53.5 Å². The van der Waals surface area contributed by atoms with Crippen molar-refractivity contribution >= 4 is 11.6 Å². The molecule has 4 aromatic rings. The summed E-state index contributed by atoms with van der Waals surface area (Å²) in [6, 6.07) is 31.7. The van der Waals surface area contributed by atoms with Crippen LogP contribution in [0.2, 0.25) is 0 Å². The third-order valence-corrected chi connectivity index (χ3v) is 8.00. The average molecular weight is 631 g/mol. The van der Waals surface area contributed by atoms with Crippen LogP contribution in [-0.2, 0) is 17.5 Å². The second kappa shape index (κ2) is 16.1. The standard InChI is InChI=1S/C38H41F3N2O3/c1-4-14-36(44)37(45)42(3)32-20-12-21-33(25-32)46-24-13-23-43(26-31-19-11-22-35(28(31)2)38(39,40)41)27-34(29-15-7-5-8-16-29)30-17-9-6-10-18-30/h5-12,14-22,25,34,44H,4,13,23-24,26-27H2,1-3H3/b36-14-. The van der Waals surface area contributed by atoms with Gasteiger partial charge in [-0.25, -0.2) is 0 Å². The Kier molecular flexibility index (Phi) is 12.0. The van der Waals surface area contributed by atoms with Crippen LogP contribution in [-0.4, -0.2) is 42.7 Å². The number of anilines is 1. The fraction of sp³-hybridized carbons (Fsp3) is 0.289. The van der Waals surface area contributed by atoms with E-state index in [0.29, 0.717) is 56.1 Å². The minimum absolute atomic E-state index is 0.0114. The molecule has 0 bridgehead atoms. The number of hydrogen-bond donors (Lipinski definition) is 1. The Morgan fingerprint density at radius 3 is 2.15 bits per heavy atom. The lowest BCUT2D eigenvalue weighted by atomic mass is 9.90. The summed E-state index contributed by atoms with van der Waals surface area (Å²) in [5.41, 5.74) is 3.10. The normalized spacial score (nSPS) is 12.0. The minimum Gasteiger partial charge on any atom is -0.503 e. The molecule has 0 radical (unpaired) electrons. The van der Waals surface area contributed by atoms with Crippen LogP contribution < -0.4 is 9.64 Å². The lowest BCUT2D eigenvalue weighted by Crippen LogP contribution is -2.31. The third kappa shape index (κ3) is 9.23. The summed E-state index contributed by atoms with van der Waals surface area (Å²) in [5.74, 6) is -0.233. The summed E-state index contributed by atoms with van der Waals surface area (Å²) in [6.07, 6.45) is -1.80. The van der Waals surface area contributed by atoms with Crippen molar-refractivity contribution in [1.82, 2.24) is 4.90 Å². The number of benzene rings is 4. The van der Waals surface area contributed by atoms with Crippen molar-refractivity contribution in [1.29, 1.82) is 0 Å². The predicted octanol–water partition coefficient (Wildman–Crippen LogP) is 8.93. The lowest BCUT2D eigenvalue weighted by Gasteiger charge is -2.29. The van der Waals surface area contributed by atoms with Crippen LogP contribution in [0.3, 0.4) is 0 Å². The minimum atomic E-state index is -4.42. The number of carbonyl (C=O) groups is 1. The molecule has 0 atom stereocenters. The molecule has 0 aliphatic carbocycles. The lowest BCUT2D eigenvalue weighted by molar-refractivity contribution is -0.138. The zero-order chi connectivity index (χ0) is 33.1. The number of allylic oxidation sites excluding steroid dienone is 1. The van der Waals surface area contributed by atoms with Gasteiger partial charge in [0.25, 0.3) is 5.91 Å². The second-order valence-electron chi connectivity index (χ2n) is 11.3. The number of rotatable bonds is 14. The molecule has 4 aromatic carbocycles. The molecular formula is C38H41F3N2O3. The van der Waals surface area contributed by atoms with Crippen LogP contribution in [0.15, 0.2) is 115 Å². The molecule has 46 heavy (non-hydrogen) atoms. The highest BCUT2D eigenvalue weighted by atomic mass is 19.4. The number of aliphatic hydroxyl groups excluding tert-OH is 1. The molecule has 0 saturated heterocycles. The van der Waals surface area contributed by atoms with E-state index in [1.807, 2.05) is 43.3 Å². The predicted molar refractivity (Wildman–Crippen MR) is 177 cm³/mol. The monoisotopic (exact) mass is 630 g/mol. The van der Waals surface area contributed by atoms with Crippen molar-refractivity contribution < 1.29 is 27.8 Å². The topological polar surface area (TPSA) is 53.0 Å². The van der Waals surface area contributed by atoms with Gasteiger partial charge in [0.15, 0.2) is 5.76 Å². The van der Waals surface area contributed by atoms with Gasteiger partial charge in [-0.2, -0.15) is 13.2 Å². The van der Waals surface area contributed by atoms with E-state index in [2.05, 4.69) is 29.2 Å². The van der Waals surface area contributed by atoms with Crippen molar-refractivity contribution in [3.8, 4) is 5.75 Å². The van der Waals surface area contributed by atoms with Crippen LogP contribution in [0, 0.1) is 6.92 Å². The molecule has 0 aromatic heterocycles. The van der Waals surface area contributed by atoms with E-state index in [4.69, 9.17) is 4.74 Å². The number of alkyl halides is 3. The molecule has 0 unspecified atom stereocenters. The van der Waals surface area contributed by atoms with Crippen LogP contribution in [0.25, 0.3) is 0 Å². The zero-order valence-corrected chi connectivity index (χ0v) is 26.5. The maximum Gasteiger partial charge on any atom is 0.416 e. The second-order valence-corrected chi connectivity index (χ2v) is 11.3. The molecule has 0 spiro atoms. The molecule has 0 fully saturated rings. The number of nitrogens with zero attached hydrogens (tertiary/aromatic N) is 2. The first kappa shape index (κ1) is 34.3. The van der Waals surface area contributed by atoms with E-state index < -0.39 is 17.6 Å². The van der Waals surface area contributed by atoms with Crippen molar-refractivity contribution in [2.45, 2.75) is 45.3 Å².